The van der Waals surface area contributed by atoms with Gasteiger partial charge >= 0.3 is 0 Å². The number of hydrogen-bond donors (Lipinski definition) is 1. The Kier molecular flexibility index (Phi) is 6.91. The first-order valence-electron chi connectivity index (χ1n) is 12.0. The van der Waals surface area contributed by atoms with E-state index in [0.717, 1.165) is 31.7 Å². The van der Waals surface area contributed by atoms with Gasteiger partial charge in [0, 0.05) is 49.0 Å². The van der Waals surface area contributed by atoms with Crippen molar-refractivity contribution in [2.24, 2.45) is 0 Å². The Morgan fingerprint density at radius 3 is 2.30 bits per heavy atom. The average Bonchev–Trinajstić information content (AvgIpc) is 2.85. The van der Waals surface area contributed by atoms with Crippen LogP contribution in [0.15, 0.2) is 73.3 Å². The maximum atomic E-state index is 10.2. The Morgan fingerprint density at radius 2 is 1.58 bits per heavy atom. The monoisotopic (exact) mass is 440 g/mol. The molecule has 5 heteroatoms. The summed E-state index contributed by atoms with van der Waals surface area (Å²) in [6.45, 7) is 4.27. The first-order valence-corrected chi connectivity index (χ1v) is 12.0. The molecule has 3 aromatic rings. The summed E-state index contributed by atoms with van der Waals surface area (Å²) in [4.78, 5) is 13.4. The van der Waals surface area contributed by atoms with Crippen molar-refractivity contribution in [2.45, 2.75) is 37.4 Å². The molecule has 2 aliphatic rings. The van der Waals surface area contributed by atoms with Crippen LogP contribution in [0.4, 0.5) is 0 Å². The lowest BCUT2D eigenvalue weighted by Gasteiger charge is -2.57. The molecular formula is C28H32N4O. The molecule has 0 amide bonds. The fourth-order valence-corrected chi connectivity index (χ4v) is 5.41. The van der Waals surface area contributed by atoms with Crippen LogP contribution in [0.2, 0.25) is 0 Å². The van der Waals surface area contributed by atoms with E-state index in [-0.39, 0.29) is 12.6 Å². The molecular weight excluding hydrogens is 408 g/mol. The number of hydrogen-bond acceptors (Lipinski definition) is 5. The number of nitrogens with zero attached hydrogens (tertiary/aromatic N) is 4. The highest BCUT2D eigenvalue weighted by atomic mass is 16.3. The summed E-state index contributed by atoms with van der Waals surface area (Å²) in [5, 5.41) is 10.2. The Hall–Kier alpha value is -2.86. The van der Waals surface area contributed by atoms with Gasteiger partial charge in [-0.1, -0.05) is 66.7 Å². The summed E-state index contributed by atoms with van der Waals surface area (Å²) in [5.41, 5.74) is 4.89. The fourth-order valence-electron chi connectivity index (χ4n) is 5.41. The van der Waals surface area contributed by atoms with E-state index in [0.29, 0.717) is 12.0 Å². The van der Waals surface area contributed by atoms with E-state index < -0.39 is 0 Å². The zero-order valence-corrected chi connectivity index (χ0v) is 19.0. The van der Waals surface area contributed by atoms with Gasteiger partial charge in [-0.15, -0.1) is 0 Å². The van der Waals surface area contributed by atoms with Crippen molar-refractivity contribution >= 4 is 12.2 Å². The summed E-state index contributed by atoms with van der Waals surface area (Å²) >= 11 is 0. The summed E-state index contributed by atoms with van der Waals surface area (Å²) in [6.07, 6.45) is 12.1. The summed E-state index contributed by atoms with van der Waals surface area (Å²) < 4.78 is 0. The van der Waals surface area contributed by atoms with E-state index in [9.17, 15) is 5.11 Å². The zero-order chi connectivity index (χ0) is 22.5. The van der Waals surface area contributed by atoms with Gasteiger partial charge in [0.25, 0.3) is 0 Å². The van der Waals surface area contributed by atoms with E-state index in [4.69, 9.17) is 0 Å². The largest absolute Gasteiger partial charge is 0.395 e. The van der Waals surface area contributed by atoms with Gasteiger partial charge in [-0.25, -0.2) is 9.97 Å². The third-order valence-electron chi connectivity index (χ3n) is 7.06. The Labute approximate surface area is 196 Å². The average molecular weight is 441 g/mol. The Bertz CT molecular complexity index is 1040. The van der Waals surface area contributed by atoms with Crippen molar-refractivity contribution in [3.05, 3.63) is 95.6 Å². The SMILES string of the molecule is OC[C@H]1[C@@H](c2ccc(/C=C/c3ccccc3)cc2)[C@@H]2CN(Cc3cncnc3)CCCCN12. The fraction of sp³-hybridized carbons (Fsp3) is 0.357. The van der Waals surface area contributed by atoms with E-state index >= 15 is 0 Å². The molecule has 33 heavy (non-hydrogen) atoms. The minimum atomic E-state index is 0.209. The second-order valence-corrected chi connectivity index (χ2v) is 9.18. The van der Waals surface area contributed by atoms with Gasteiger partial charge in [-0.05, 0) is 42.6 Å². The van der Waals surface area contributed by atoms with Gasteiger partial charge in [0.15, 0.2) is 0 Å². The molecule has 170 valence electrons. The smallest absolute Gasteiger partial charge is 0.115 e. The third kappa shape index (κ3) is 5.06. The lowest BCUT2D eigenvalue weighted by molar-refractivity contribution is -0.0655. The molecule has 3 atom stereocenters. The highest BCUT2D eigenvalue weighted by Crippen LogP contribution is 2.42. The van der Waals surface area contributed by atoms with Crippen molar-refractivity contribution in [1.29, 1.82) is 0 Å². The molecule has 2 fully saturated rings. The first kappa shape index (κ1) is 22.0. The first-order chi connectivity index (χ1) is 16.3. The van der Waals surface area contributed by atoms with Crippen LogP contribution in [-0.4, -0.2) is 63.2 Å². The van der Waals surface area contributed by atoms with Crippen molar-refractivity contribution in [1.82, 2.24) is 19.8 Å². The van der Waals surface area contributed by atoms with E-state index in [1.165, 1.54) is 29.5 Å². The molecule has 1 N–H and O–H groups in total. The maximum Gasteiger partial charge on any atom is 0.115 e. The van der Waals surface area contributed by atoms with Crippen LogP contribution < -0.4 is 0 Å². The molecule has 0 aliphatic carbocycles. The summed E-state index contributed by atoms with van der Waals surface area (Å²) in [5.74, 6) is 0.356. The zero-order valence-electron chi connectivity index (χ0n) is 19.0. The minimum absolute atomic E-state index is 0.209. The second kappa shape index (κ2) is 10.4. The summed E-state index contributed by atoms with van der Waals surface area (Å²) in [7, 11) is 0. The molecule has 0 spiro atoms. The van der Waals surface area contributed by atoms with E-state index in [1.54, 1.807) is 6.33 Å². The predicted octanol–water partition coefficient (Wildman–Crippen LogP) is 4.07. The number of benzene rings is 2. The lowest BCUT2D eigenvalue weighted by atomic mass is 9.74. The highest BCUT2D eigenvalue weighted by Gasteiger charge is 2.48. The molecule has 0 saturated carbocycles. The van der Waals surface area contributed by atoms with E-state index in [2.05, 4.69) is 80.5 Å². The number of aromatic nitrogens is 2. The molecule has 0 unspecified atom stereocenters. The molecule has 5 nitrogen and oxygen atoms in total. The molecule has 0 radical (unpaired) electrons. The van der Waals surface area contributed by atoms with Crippen molar-refractivity contribution in [3.8, 4) is 0 Å². The van der Waals surface area contributed by atoms with Gasteiger partial charge < -0.3 is 5.11 Å². The molecule has 3 heterocycles. The molecule has 1 aromatic heterocycles. The van der Waals surface area contributed by atoms with Crippen LogP contribution >= 0.6 is 0 Å². The number of fused-ring (bicyclic) bond motifs is 1. The van der Waals surface area contributed by atoms with Crippen LogP contribution in [0, 0.1) is 0 Å². The van der Waals surface area contributed by atoms with Gasteiger partial charge in [0.1, 0.15) is 6.33 Å². The van der Waals surface area contributed by atoms with Crippen LogP contribution in [-0.2, 0) is 6.54 Å². The molecule has 0 bridgehead atoms. The Morgan fingerprint density at radius 1 is 0.879 bits per heavy atom. The van der Waals surface area contributed by atoms with Gasteiger partial charge in [0.05, 0.1) is 6.61 Å². The lowest BCUT2D eigenvalue weighted by Crippen LogP contribution is -2.67. The Balaban J connectivity index is 1.31. The van der Waals surface area contributed by atoms with Crippen LogP contribution in [0.1, 0.15) is 41.0 Å². The highest BCUT2D eigenvalue weighted by molar-refractivity contribution is 5.69. The standard InChI is InChI=1S/C28H32N4O/c33-20-27-28(25-12-10-23(11-13-25)9-8-22-6-2-1-3-7-22)26-19-31(14-4-5-15-32(26)27)18-24-16-29-21-30-17-24/h1-3,6-13,16-17,21,26-28,33H,4-5,14-15,18-20H2/b9-8+/t26-,27-,28-/m0/s1. The number of aliphatic hydroxyl groups excluding tert-OH is 1. The van der Waals surface area contributed by atoms with Gasteiger partial charge in [-0.2, -0.15) is 0 Å². The number of rotatable bonds is 6. The second-order valence-electron chi connectivity index (χ2n) is 9.18. The topological polar surface area (TPSA) is 52.5 Å². The minimum Gasteiger partial charge on any atom is -0.395 e. The third-order valence-corrected chi connectivity index (χ3v) is 7.06. The van der Waals surface area contributed by atoms with E-state index in [1.807, 2.05) is 18.5 Å². The number of aliphatic hydroxyl groups is 1. The van der Waals surface area contributed by atoms with Crippen LogP contribution in [0.25, 0.3) is 12.2 Å². The van der Waals surface area contributed by atoms with Gasteiger partial charge in [-0.3, -0.25) is 9.80 Å². The van der Waals surface area contributed by atoms with Crippen molar-refractivity contribution < 1.29 is 5.11 Å². The van der Waals surface area contributed by atoms with Crippen molar-refractivity contribution in [2.75, 3.05) is 26.2 Å². The molecule has 2 aromatic carbocycles. The molecule has 5 rings (SSSR count). The van der Waals surface area contributed by atoms with Crippen LogP contribution in [0.3, 0.4) is 0 Å². The van der Waals surface area contributed by atoms with Crippen LogP contribution in [0.5, 0.6) is 0 Å². The maximum absolute atomic E-state index is 10.2. The van der Waals surface area contributed by atoms with Crippen molar-refractivity contribution in [3.63, 3.8) is 0 Å². The normalized spacial score (nSPS) is 24.1. The molecule has 2 aliphatic heterocycles. The molecule has 2 saturated heterocycles. The predicted molar refractivity (Wildman–Crippen MR) is 132 cm³/mol. The quantitative estimate of drug-likeness (QED) is 0.586. The summed E-state index contributed by atoms with van der Waals surface area (Å²) in [6, 6.07) is 19.9. The van der Waals surface area contributed by atoms with Gasteiger partial charge in [0.2, 0.25) is 0 Å².